The molecule has 0 radical (unpaired) electrons. The molecule has 3 rings (SSSR count). The summed E-state index contributed by atoms with van der Waals surface area (Å²) in [6, 6.07) is 17.0. The second-order valence-electron chi connectivity index (χ2n) is 7.39. The molecule has 0 saturated carbocycles. The third kappa shape index (κ3) is 4.79. The van der Waals surface area contributed by atoms with Crippen molar-refractivity contribution < 1.29 is 29.0 Å². The monoisotopic (exact) mass is 450 g/mol. The minimum Gasteiger partial charge on any atom is -0.465 e. The van der Waals surface area contributed by atoms with E-state index in [-0.39, 0.29) is 19.6 Å². The average molecular weight is 450 g/mol. The number of hydrogen-bond donors (Lipinski definition) is 2. The summed E-state index contributed by atoms with van der Waals surface area (Å²) in [4.78, 5) is 42.5. The molecule has 2 aromatic carbocycles. The van der Waals surface area contributed by atoms with Gasteiger partial charge in [-0.1, -0.05) is 48.5 Å². The van der Waals surface area contributed by atoms with Crippen LogP contribution in [0.25, 0.3) is 22.0 Å². The molecule has 0 unspecified atom stereocenters. The van der Waals surface area contributed by atoms with E-state index in [1.165, 1.54) is 0 Å². The first-order valence-electron chi connectivity index (χ1n) is 10.6. The summed E-state index contributed by atoms with van der Waals surface area (Å²) in [5.74, 6) is -2.06. The Hall–Kier alpha value is -3.94. The number of fused-ring (bicyclic) bond motifs is 1. The van der Waals surface area contributed by atoms with Crippen LogP contribution < -0.4 is 5.32 Å². The third-order valence-corrected chi connectivity index (χ3v) is 5.27. The fourth-order valence-corrected chi connectivity index (χ4v) is 3.86. The number of hydrogen-bond acceptors (Lipinski definition) is 6. The number of aryl methyl sites for hydroxylation is 1. The van der Waals surface area contributed by atoms with Crippen molar-refractivity contribution >= 4 is 28.9 Å². The number of esters is 2. The molecule has 0 saturated heterocycles. The van der Waals surface area contributed by atoms with E-state index in [0.717, 1.165) is 22.0 Å². The van der Waals surface area contributed by atoms with E-state index in [9.17, 15) is 19.5 Å². The van der Waals surface area contributed by atoms with Crippen molar-refractivity contribution in [2.24, 2.45) is 0 Å². The van der Waals surface area contributed by atoms with Gasteiger partial charge in [0.25, 0.3) is 0 Å². The number of rotatable bonds is 8. The van der Waals surface area contributed by atoms with Gasteiger partial charge in [-0.3, -0.25) is 10.3 Å². The number of amides is 1. The fourth-order valence-electron chi connectivity index (χ4n) is 3.86. The van der Waals surface area contributed by atoms with Crippen molar-refractivity contribution in [2.75, 3.05) is 13.2 Å². The maximum absolute atomic E-state index is 13.1. The molecular weight excluding hydrogens is 424 g/mol. The lowest BCUT2D eigenvalue weighted by Gasteiger charge is -2.30. The molecule has 3 aromatic rings. The average Bonchev–Trinajstić information content (AvgIpc) is 2.79. The first-order chi connectivity index (χ1) is 15.8. The van der Waals surface area contributed by atoms with Gasteiger partial charge in [-0.2, -0.15) is 0 Å². The van der Waals surface area contributed by atoms with Gasteiger partial charge in [0.15, 0.2) is 0 Å². The Morgan fingerprint density at radius 2 is 1.52 bits per heavy atom. The van der Waals surface area contributed by atoms with Crippen molar-refractivity contribution in [1.29, 1.82) is 0 Å². The van der Waals surface area contributed by atoms with Crippen molar-refractivity contribution in [3.63, 3.8) is 0 Å². The van der Waals surface area contributed by atoms with Crippen molar-refractivity contribution in [3.05, 3.63) is 65.9 Å². The Kier molecular flexibility index (Phi) is 7.27. The van der Waals surface area contributed by atoms with Gasteiger partial charge in [-0.15, -0.1) is 0 Å². The second-order valence-corrected chi connectivity index (χ2v) is 7.39. The van der Waals surface area contributed by atoms with Gasteiger partial charge in [-0.05, 0) is 43.5 Å². The van der Waals surface area contributed by atoms with Crippen LogP contribution in [0, 0.1) is 6.92 Å². The number of ether oxygens (including phenoxy) is 2. The molecule has 8 nitrogen and oxygen atoms in total. The molecule has 1 aromatic heterocycles. The first kappa shape index (κ1) is 23.7. The summed E-state index contributed by atoms with van der Waals surface area (Å²) in [5, 5.41) is 12.5. The van der Waals surface area contributed by atoms with Crippen LogP contribution in [0.2, 0.25) is 0 Å². The largest absolute Gasteiger partial charge is 0.465 e. The highest BCUT2D eigenvalue weighted by Crippen LogP contribution is 2.35. The lowest BCUT2D eigenvalue weighted by atomic mass is 9.84. The van der Waals surface area contributed by atoms with E-state index < -0.39 is 23.6 Å². The predicted octanol–water partition coefficient (Wildman–Crippen LogP) is 3.89. The highest BCUT2D eigenvalue weighted by molar-refractivity contribution is 6.08. The molecule has 8 heteroatoms. The number of pyridine rings is 1. The van der Waals surface area contributed by atoms with E-state index in [1.54, 1.807) is 20.8 Å². The summed E-state index contributed by atoms with van der Waals surface area (Å²) < 4.78 is 10.3. The minimum absolute atomic E-state index is 0.0399. The number of nitrogens with zero attached hydrogens (tertiary/aromatic N) is 1. The molecule has 0 bridgehead atoms. The molecule has 1 heterocycles. The molecule has 33 heavy (non-hydrogen) atoms. The van der Waals surface area contributed by atoms with Crippen LogP contribution in [0.3, 0.4) is 0 Å². The maximum Gasteiger partial charge on any atom is 0.406 e. The van der Waals surface area contributed by atoms with Crippen LogP contribution in [0.5, 0.6) is 0 Å². The van der Waals surface area contributed by atoms with E-state index in [4.69, 9.17) is 9.47 Å². The fraction of sp³-hybridized carbons (Fsp3) is 0.280. The highest BCUT2D eigenvalue weighted by Gasteiger charge is 2.51. The molecule has 172 valence electrons. The standard InChI is InChI=1S/C25H26N2O6/c1-4-32-22(28)25(27-24(30)31,23(29)33-5-2)15-19-16(3)26-20-14-10-9-13-18(20)21(19)17-11-7-6-8-12-17/h6-14,27H,4-5,15H2,1-3H3,(H,30,31). The number of carbonyl (C=O) groups is 3. The lowest BCUT2D eigenvalue weighted by Crippen LogP contribution is -2.62. The molecular formula is C25H26N2O6. The zero-order chi connectivity index (χ0) is 24.0. The Morgan fingerprint density at radius 1 is 0.939 bits per heavy atom. The van der Waals surface area contributed by atoms with Crippen LogP contribution in [0.15, 0.2) is 54.6 Å². The number of carbonyl (C=O) groups excluding carboxylic acids is 2. The Balaban J connectivity index is 2.32. The van der Waals surface area contributed by atoms with Gasteiger partial charge in [0.05, 0.1) is 18.7 Å². The van der Waals surface area contributed by atoms with Gasteiger partial charge < -0.3 is 14.6 Å². The quantitative estimate of drug-likeness (QED) is 0.395. The van der Waals surface area contributed by atoms with E-state index in [2.05, 4.69) is 10.3 Å². The normalized spacial score (nSPS) is 11.1. The van der Waals surface area contributed by atoms with Crippen molar-refractivity contribution in [2.45, 2.75) is 32.7 Å². The lowest BCUT2D eigenvalue weighted by molar-refractivity contribution is -0.165. The van der Waals surface area contributed by atoms with Crippen LogP contribution in [-0.4, -0.2) is 46.9 Å². The maximum atomic E-state index is 13.1. The summed E-state index contributed by atoms with van der Waals surface area (Å²) in [6.45, 7) is 4.83. The summed E-state index contributed by atoms with van der Waals surface area (Å²) in [6.07, 6.45) is -1.88. The molecule has 1 amide bonds. The molecule has 2 N–H and O–H groups in total. The van der Waals surface area contributed by atoms with Crippen LogP contribution in [0.1, 0.15) is 25.1 Å². The first-order valence-corrected chi connectivity index (χ1v) is 10.6. The molecule has 0 spiro atoms. The summed E-state index contributed by atoms with van der Waals surface area (Å²) in [7, 11) is 0. The predicted molar refractivity (Wildman–Crippen MR) is 123 cm³/mol. The van der Waals surface area contributed by atoms with E-state index >= 15 is 0 Å². The molecule has 0 aliphatic rings. The van der Waals surface area contributed by atoms with Gasteiger partial charge in [0.1, 0.15) is 0 Å². The zero-order valence-corrected chi connectivity index (χ0v) is 18.8. The van der Waals surface area contributed by atoms with Gasteiger partial charge in [-0.25, -0.2) is 14.4 Å². The Bertz CT molecular complexity index is 1160. The molecule has 0 aliphatic heterocycles. The van der Waals surface area contributed by atoms with Gasteiger partial charge >= 0.3 is 18.0 Å². The van der Waals surface area contributed by atoms with Crippen LogP contribution in [-0.2, 0) is 25.5 Å². The Morgan fingerprint density at radius 3 is 2.09 bits per heavy atom. The second kappa shape index (κ2) is 10.1. The number of benzene rings is 2. The number of nitrogens with one attached hydrogen (secondary N) is 1. The summed E-state index contributed by atoms with van der Waals surface area (Å²) >= 11 is 0. The Labute approximate surface area is 191 Å². The smallest absolute Gasteiger partial charge is 0.406 e. The minimum atomic E-state index is -2.30. The van der Waals surface area contributed by atoms with Gasteiger partial charge in [0, 0.05) is 17.5 Å². The summed E-state index contributed by atoms with van der Waals surface area (Å²) in [5.41, 5.74) is 1.13. The SMILES string of the molecule is CCOC(=O)C(Cc1c(C)nc2ccccc2c1-c1ccccc1)(NC(=O)O)C(=O)OCC. The number of carboxylic acid groups (broad SMARTS) is 1. The molecule has 0 atom stereocenters. The van der Waals surface area contributed by atoms with Crippen molar-refractivity contribution in [1.82, 2.24) is 10.3 Å². The van der Waals surface area contributed by atoms with Crippen LogP contribution in [0.4, 0.5) is 4.79 Å². The van der Waals surface area contributed by atoms with Crippen LogP contribution >= 0.6 is 0 Å². The number of aromatic nitrogens is 1. The third-order valence-electron chi connectivity index (χ3n) is 5.27. The molecule has 0 aliphatic carbocycles. The van der Waals surface area contributed by atoms with E-state index in [1.807, 2.05) is 54.6 Å². The van der Waals surface area contributed by atoms with Crippen molar-refractivity contribution in [3.8, 4) is 11.1 Å². The van der Waals surface area contributed by atoms with Gasteiger partial charge in [0.2, 0.25) is 5.54 Å². The highest BCUT2D eigenvalue weighted by atomic mass is 16.6. The molecule has 0 fully saturated rings. The number of para-hydroxylation sites is 1. The topological polar surface area (TPSA) is 115 Å². The zero-order valence-electron chi connectivity index (χ0n) is 18.8. The van der Waals surface area contributed by atoms with E-state index in [0.29, 0.717) is 11.3 Å².